The van der Waals surface area contributed by atoms with Crippen molar-refractivity contribution in [1.82, 2.24) is 9.21 Å². The number of halogens is 1. The van der Waals surface area contributed by atoms with E-state index in [0.717, 1.165) is 0 Å². The lowest BCUT2D eigenvalue weighted by atomic mass is 10.1. The molecule has 1 aliphatic rings. The minimum absolute atomic E-state index is 0.0269. The van der Waals surface area contributed by atoms with E-state index in [2.05, 4.69) is 10.6 Å². The highest BCUT2D eigenvalue weighted by Crippen LogP contribution is 2.40. The van der Waals surface area contributed by atoms with Crippen molar-refractivity contribution < 1.29 is 13.5 Å². The number of nitrogens with one attached hydrogen (secondary N) is 2. The van der Waals surface area contributed by atoms with E-state index in [0.29, 0.717) is 18.8 Å². The molecule has 1 aliphatic heterocycles. The van der Waals surface area contributed by atoms with Crippen LogP contribution in [0.15, 0.2) is 56.9 Å². The van der Waals surface area contributed by atoms with Gasteiger partial charge in [-0.1, -0.05) is 29.8 Å². The summed E-state index contributed by atoms with van der Waals surface area (Å²) in [5.74, 6) is -0.616. The molecule has 9 nitrogen and oxygen atoms in total. The molecule has 4 rings (SSSR count). The molecule has 0 spiro atoms. The lowest BCUT2D eigenvalue weighted by Gasteiger charge is -2.32. The van der Waals surface area contributed by atoms with E-state index in [4.69, 9.17) is 11.6 Å². The highest BCUT2D eigenvalue weighted by molar-refractivity contribution is 7.89. The molecule has 0 bridgehead atoms. The molecule has 0 atom stereocenters. The maximum atomic E-state index is 13.2. The zero-order valence-electron chi connectivity index (χ0n) is 17.1. The van der Waals surface area contributed by atoms with Crippen molar-refractivity contribution in [3.05, 3.63) is 67.9 Å². The predicted octanol–water partition coefficient (Wildman–Crippen LogP) is 2.06. The molecule has 32 heavy (non-hydrogen) atoms. The molecule has 0 aromatic heterocycles. The number of aromatic hydroxyl groups is 1. The van der Waals surface area contributed by atoms with E-state index in [1.54, 1.807) is 30.3 Å². The van der Waals surface area contributed by atoms with Crippen molar-refractivity contribution in [3.8, 4) is 5.75 Å². The Bertz CT molecular complexity index is 1330. The number of sulfonamides is 1. The minimum Gasteiger partial charge on any atom is -0.504 e. The Labute approximate surface area is 189 Å². The van der Waals surface area contributed by atoms with Gasteiger partial charge in [0.1, 0.15) is 16.3 Å². The summed E-state index contributed by atoms with van der Waals surface area (Å²) in [6.07, 6.45) is 0. The van der Waals surface area contributed by atoms with Gasteiger partial charge in [0, 0.05) is 31.9 Å². The molecule has 1 saturated heterocycles. The number of phenols is 1. The number of hydrogen-bond acceptors (Lipinski definition) is 8. The summed E-state index contributed by atoms with van der Waals surface area (Å²) in [7, 11) is -2.19. The summed E-state index contributed by atoms with van der Waals surface area (Å²) in [5, 5.41) is 16.2. The summed E-state index contributed by atoms with van der Waals surface area (Å²) in [6.45, 7) is 1.62. The molecule has 168 valence electrons. The fourth-order valence-corrected chi connectivity index (χ4v) is 5.50. The first-order valence-electron chi connectivity index (χ1n) is 9.82. The van der Waals surface area contributed by atoms with Crippen LogP contribution in [0.1, 0.15) is 0 Å². The Morgan fingerprint density at radius 3 is 2.12 bits per heavy atom. The molecule has 0 aliphatic carbocycles. The number of piperazine rings is 1. The first-order valence-corrected chi connectivity index (χ1v) is 11.6. The predicted molar refractivity (Wildman–Crippen MR) is 124 cm³/mol. The number of nitrogens with zero attached hydrogens (tertiary/aromatic N) is 2. The number of anilines is 4. The van der Waals surface area contributed by atoms with E-state index in [1.807, 2.05) is 11.9 Å². The third kappa shape index (κ3) is 3.97. The van der Waals surface area contributed by atoms with Gasteiger partial charge in [-0.3, -0.25) is 9.59 Å². The van der Waals surface area contributed by atoms with Gasteiger partial charge < -0.3 is 20.6 Å². The largest absolute Gasteiger partial charge is 0.504 e. The Morgan fingerprint density at radius 1 is 0.906 bits per heavy atom. The van der Waals surface area contributed by atoms with E-state index in [1.165, 1.54) is 16.4 Å². The molecule has 0 amide bonds. The molecule has 0 radical (unpaired) electrons. The van der Waals surface area contributed by atoms with E-state index in [-0.39, 0.29) is 35.2 Å². The molecule has 0 saturated carbocycles. The lowest BCUT2D eigenvalue weighted by molar-refractivity contribution is 0.222. The molecular formula is C21H21ClN4O5S. The van der Waals surface area contributed by atoms with Gasteiger partial charge in [0.15, 0.2) is 5.75 Å². The van der Waals surface area contributed by atoms with Gasteiger partial charge in [0.25, 0.3) is 10.9 Å². The van der Waals surface area contributed by atoms with Crippen LogP contribution >= 0.6 is 11.6 Å². The second-order valence-electron chi connectivity index (χ2n) is 7.50. The van der Waals surface area contributed by atoms with Crippen LogP contribution in [0.2, 0.25) is 5.02 Å². The van der Waals surface area contributed by atoms with Gasteiger partial charge in [-0.15, -0.1) is 0 Å². The molecule has 1 heterocycles. The quantitative estimate of drug-likeness (QED) is 0.365. The van der Waals surface area contributed by atoms with Crippen LogP contribution in [0, 0.1) is 0 Å². The van der Waals surface area contributed by atoms with Crippen LogP contribution in [0.25, 0.3) is 0 Å². The Balaban J connectivity index is 1.67. The first-order chi connectivity index (χ1) is 15.2. The summed E-state index contributed by atoms with van der Waals surface area (Å²) >= 11 is 6.16. The number of phenolic OH excluding ortho intramolecular Hbond substituents is 1. The summed E-state index contributed by atoms with van der Waals surface area (Å²) in [6, 6.07) is 11.5. The molecule has 11 heteroatoms. The highest BCUT2D eigenvalue weighted by Gasteiger charge is 2.33. The van der Waals surface area contributed by atoms with Crippen LogP contribution in [-0.4, -0.2) is 56.0 Å². The Morgan fingerprint density at radius 2 is 1.50 bits per heavy atom. The van der Waals surface area contributed by atoms with Crippen LogP contribution in [0.4, 0.5) is 22.7 Å². The number of benzene rings is 2. The highest BCUT2D eigenvalue weighted by atomic mass is 35.5. The molecule has 3 N–H and O–H groups in total. The average molecular weight is 477 g/mol. The zero-order chi connectivity index (χ0) is 23.0. The summed E-state index contributed by atoms with van der Waals surface area (Å²) in [4.78, 5) is 25.8. The number of para-hydroxylation sites is 1. The second-order valence-corrected chi connectivity index (χ2v) is 9.79. The average Bonchev–Trinajstić information content (AvgIpc) is 2.78. The van der Waals surface area contributed by atoms with Crippen molar-refractivity contribution >= 4 is 44.4 Å². The topological polar surface area (TPSA) is 119 Å². The smallest absolute Gasteiger partial charge is 0.253 e. The Hall–Kier alpha value is -2.92. The number of rotatable bonds is 6. The SMILES string of the molecule is CN1CCN(S(=O)(=O)c2c(Cl)ccc(Nc3c(Nc4ccccc4)c(=O)c3=O)c2O)CC1. The molecule has 3 aromatic rings. The normalized spacial score (nSPS) is 15.7. The first kappa shape index (κ1) is 22.3. The maximum absolute atomic E-state index is 13.2. The van der Waals surface area contributed by atoms with Crippen molar-refractivity contribution in [2.45, 2.75) is 4.90 Å². The third-order valence-electron chi connectivity index (χ3n) is 5.36. The Kier molecular flexibility index (Phi) is 5.95. The van der Waals surface area contributed by atoms with E-state index < -0.39 is 31.5 Å². The second kappa shape index (κ2) is 8.55. The van der Waals surface area contributed by atoms with Crippen LogP contribution in [-0.2, 0) is 10.0 Å². The fraction of sp³-hybridized carbons (Fsp3) is 0.238. The van der Waals surface area contributed by atoms with Gasteiger partial charge in [0.05, 0.1) is 10.7 Å². The van der Waals surface area contributed by atoms with E-state index >= 15 is 0 Å². The van der Waals surface area contributed by atoms with Crippen LogP contribution < -0.4 is 21.5 Å². The standard InChI is InChI=1S/C21H21ClN4O5S/c1-25-9-11-26(12-10-25)32(30,31)21-14(22)7-8-15(18(21)27)24-17-16(19(28)20(17)29)23-13-5-3-2-4-6-13/h2-8,23-24,27H,9-12H2,1H3. The molecule has 3 aromatic carbocycles. The van der Waals surface area contributed by atoms with Crippen LogP contribution in [0.5, 0.6) is 5.75 Å². The van der Waals surface area contributed by atoms with Crippen molar-refractivity contribution in [3.63, 3.8) is 0 Å². The van der Waals surface area contributed by atoms with Crippen molar-refractivity contribution in [2.75, 3.05) is 43.9 Å². The van der Waals surface area contributed by atoms with Crippen molar-refractivity contribution in [2.24, 2.45) is 0 Å². The molecule has 1 fully saturated rings. The van der Waals surface area contributed by atoms with Crippen molar-refractivity contribution in [1.29, 1.82) is 0 Å². The number of likely N-dealkylation sites (N-methyl/N-ethyl adjacent to an activating group) is 1. The minimum atomic E-state index is -4.08. The van der Waals surface area contributed by atoms with E-state index in [9.17, 15) is 23.1 Å². The zero-order valence-corrected chi connectivity index (χ0v) is 18.7. The van der Waals surface area contributed by atoms with Gasteiger partial charge in [-0.25, -0.2) is 8.42 Å². The fourth-order valence-electron chi connectivity index (χ4n) is 3.48. The summed E-state index contributed by atoms with van der Waals surface area (Å²) in [5.41, 5.74) is -0.985. The van der Waals surface area contributed by atoms with Gasteiger partial charge >= 0.3 is 0 Å². The van der Waals surface area contributed by atoms with Crippen LogP contribution in [0.3, 0.4) is 0 Å². The monoisotopic (exact) mass is 476 g/mol. The summed E-state index contributed by atoms with van der Waals surface area (Å²) < 4.78 is 27.6. The maximum Gasteiger partial charge on any atom is 0.253 e. The van der Waals surface area contributed by atoms with Gasteiger partial charge in [0.2, 0.25) is 10.0 Å². The van der Waals surface area contributed by atoms with Gasteiger partial charge in [-0.2, -0.15) is 4.31 Å². The molecule has 0 unspecified atom stereocenters. The van der Waals surface area contributed by atoms with Gasteiger partial charge in [-0.05, 0) is 31.3 Å². The lowest BCUT2D eigenvalue weighted by Crippen LogP contribution is -2.47. The molecular weight excluding hydrogens is 456 g/mol. The number of hydrogen-bond donors (Lipinski definition) is 3. The third-order valence-corrected chi connectivity index (χ3v) is 7.76.